The van der Waals surface area contributed by atoms with Gasteiger partial charge in [-0.15, -0.1) is 11.3 Å². The molecule has 0 spiro atoms. The minimum absolute atomic E-state index is 0.108. The molecule has 0 saturated carbocycles. The van der Waals surface area contributed by atoms with Crippen LogP contribution in [0.3, 0.4) is 0 Å². The number of hydrogen-bond donors (Lipinski definition) is 1. The number of piperidine rings is 1. The number of aryl methyl sites for hydroxylation is 1. The van der Waals surface area contributed by atoms with Crippen molar-refractivity contribution in [2.45, 2.75) is 32.6 Å². The molecule has 6 nitrogen and oxygen atoms in total. The van der Waals surface area contributed by atoms with Gasteiger partial charge >= 0.3 is 0 Å². The average Bonchev–Trinajstić information content (AvgIpc) is 3.23. The van der Waals surface area contributed by atoms with Crippen LogP contribution in [0.25, 0.3) is 10.6 Å². The van der Waals surface area contributed by atoms with E-state index in [1.165, 1.54) is 5.56 Å². The number of ether oxygens (including phenoxy) is 1. The molecular weight excluding hydrogens is 396 g/mol. The van der Waals surface area contributed by atoms with E-state index in [4.69, 9.17) is 14.7 Å². The molecule has 1 saturated heterocycles. The van der Waals surface area contributed by atoms with Crippen LogP contribution in [0.4, 0.5) is 11.5 Å². The predicted molar refractivity (Wildman–Crippen MR) is 121 cm³/mol. The Bertz CT molecular complexity index is 1050. The summed E-state index contributed by atoms with van der Waals surface area (Å²) in [6, 6.07) is 12.2. The summed E-state index contributed by atoms with van der Waals surface area (Å²) < 4.78 is 5.35. The van der Waals surface area contributed by atoms with Gasteiger partial charge in [-0.3, -0.25) is 4.79 Å². The second-order valence-electron chi connectivity index (χ2n) is 7.65. The predicted octanol–water partition coefficient (Wildman–Crippen LogP) is 4.99. The van der Waals surface area contributed by atoms with Crippen molar-refractivity contribution in [3.63, 3.8) is 0 Å². The first-order valence-corrected chi connectivity index (χ1v) is 11.0. The maximum atomic E-state index is 11.9. The molecule has 0 radical (unpaired) electrons. The van der Waals surface area contributed by atoms with E-state index in [-0.39, 0.29) is 11.8 Å². The second kappa shape index (κ2) is 8.83. The molecule has 1 unspecified atom stereocenters. The van der Waals surface area contributed by atoms with Crippen molar-refractivity contribution in [2.75, 3.05) is 25.5 Å². The SMILES string of the molecule is COc1csc(-c2cc(Nc3cccc(C)c3)nc(C3CCCN(C(C)=O)C3)n2)c1. The van der Waals surface area contributed by atoms with Crippen molar-refractivity contribution < 1.29 is 9.53 Å². The number of carbonyl (C=O) groups is 1. The van der Waals surface area contributed by atoms with Crippen LogP contribution >= 0.6 is 11.3 Å². The molecule has 0 aliphatic carbocycles. The fraction of sp³-hybridized carbons (Fsp3) is 0.348. The van der Waals surface area contributed by atoms with Crippen molar-refractivity contribution >= 4 is 28.7 Å². The summed E-state index contributed by atoms with van der Waals surface area (Å²) in [7, 11) is 1.67. The summed E-state index contributed by atoms with van der Waals surface area (Å²) in [5.74, 6) is 2.59. The number of thiophene rings is 1. The zero-order chi connectivity index (χ0) is 21.1. The number of anilines is 2. The van der Waals surface area contributed by atoms with Gasteiger partial charge in [-0.25, -0.2) is 9.97 Å². The molecule has 7 heteroatoms. The summed E-state index contributed by atoms with van der Waals surface area (Å²) in [5.41, 5.74) is 3.04. The van der Waals surface area contributed by atoms with E-state index in [2.05, 4.69) is 24.4 Å². The molecule has 156 valence electrons. The molecule has 0 bridgehead atoms. The Morgan fingerprint density at radius 2 is 2.13 bits per heavy atom. The number of benzene rings is 1. The Morgan fingerprint density at radius 1 is 1.27 bits per heavy atom. The molecule has 1 fully saturated rings. The lowest BCUT2D eigenvalue weighted by atomic mass is 9.97. The van der Waals surface area contributed by atoms with Gasteiger partial charge in [0.15, 0.2) is 0 Å². The van der Waals surface area contributed by atoms with Gasteiger partial charge in [-0.1, -0.05) is 12.1 Å². The lowest BCUT2D eigenvalue weighted by molar-refractivity contribution is -0.130. The van der Waals surface area contributed by atoms with Crippen LogP contribution < -0.4 is 10.1 Å². The van der Waals surface area contributed by atoms with Gasteiger partial charge in [0, 0.05) is 49.1 Å². The van der Waals surface area contributed by atoms with E-state index in [1.807, 2.05) is 34.5 Å². The zero-order valence-corrected chi connectivity index (χ0v) is 18.3. The first-order valence-electron chi connectivity index (χ1n) is 10.1. The van der Waals surface area contributed by atoms with Gasteiger partial charge in [-0.05, 0) is 37.5 Å². The Labute approximate surface area is 180 Å². The van der Waals surface area contributed by atoms with Gasteiger partial charge in [0.2, 0.25) is 5.91 Å². The van der Waals surface area contributed by atoms with Gasteiger partial charge in [0.05, 0.1) is 17.7 Å². The van der Waals surface area contributed by atoms with Crippen molar-refractivity contribution in [1.29, 1.82) is 0 Å². The minimum Gasteiger partial charge on any atom is -0.496 e. The van der Waals surface area contributed by atoms with Crippen LogP contribution in [0.5, 0.6) is 5.75 Å². The van der Waals surface area contributed by atoms with Crippen LogP contribution in [-0.4, -0.2) is 41.0 Å². The monoisotopic (exact) mass is 422 g/mol. The normalized spacial score (nSPS) is 16.4. The number of nitrogens with one attached hydrogen (secondary N) is 1. The number of carbonyl (C=O) groups excluding carboxylic acids is 1. The van der Waals surface area contributed by atoms with E-state index in [0.717, 1.165) is 53.0 Å². The highest BCUT2D eigenvalue weighted by molar-refractivity contribution is 7.13. The molecule has 1 N–H and O–H groups in total. The first-order chi connectivity index (χ1) is 14.5. The van der Waals surface area contributed by atoms with E-state index in [1.54, 1.807) is 25.4 Å². The third-order valence-corrected chi connectivity index (χ3v) is 6.26. The van der Waals surface area contributed by atoms with E-state index in [9.17, 15) is 4.79 Å². The lowest BCUT2D eigenvalue weighted by Crippen LogP contribution is -2.38. The van der Waals surface area contributed by atoms with Gasteiger partial charge < -0.3 is 15.0 Å². The maximum absolute atomic E-state index is 11.9. The summed E-state index contributed by atoms with van der Waals surface area (Å²) in [4.78, 5) is 24.6. The van der Waals surface area contributed by atoms with Crippen molar-refractivity contribution in [2.24, 2.45) is 0 Å². The molecule has 1 aliphatic rings. The van der Waals surface area contributed by atoms with Crippen LogP contribution in [0.1, 0.15) is 37.1 Å². The molecule has 1 atom stereocenters. The Hall–Kier alpha value is -2.93. The molecule has 3 heterocycles. The molecule has 4 rings (SSSR count). The summed E-state index contributed by atoms with van der Waals surface area (Å²) in [6.45, 7) is 5.17. The number of methoxy groups -OCH3 is 1. The van der Waals surface area contributed by atoms with Gasteiger partial charge in [0.25, 0.3) is 0 Å². The smallest absolute Gasteiger partial charge is 0.219 e. The molecular formula is C23H26N4O2S. The number of likely N-dealkylation sites (tertiary alicyclic amines) is 1. The molecule has 1 aromatic carbocycles. The van der Waals surface area contributed by atoms with Gasteiger partial charge in [0.1, 0.15) is 17.4 Å². The van der Waals surface area contributed by atoms with E-state index >= 15 is 0 Å². The zero-order valence-electron chi connectivity index (χ0n) is 17.5. The van der Waals surface area contributed by atoms with E-state index in [0.29, 0.717) is 6.54 Å². The topological polar surface area (TPSA) is 67.3 Å². The molecule has 30 heavy (non-hydrogen) atoms. The van der Waals surface area contributed by atoms with Crippen molar-refractivity contribution in [1.82, 2.24) is 14.9 Å². The summed E-state index contributed by atoms with van der Waals surface area (Å²) in [6.07, 6.45) is 1.94. The maximum Gasteiger partial charge on any atom is 0.219 e. The number of nitrogens with zero attached hydrogens (tertiary/aromatic N) is 3. The number of aromatic nitrogens is 2. The highest BCUT2D eigenvalue weighted by atomic mass is 32.1. The highest BCUT2D eigenvalue weighted by Gasteiger charge is 2.26. The molecule has 1 aliphatic heterocycles. The van der Waals surface area contributed by atoms with Crippen molar-refractivity contribution in [3.8, 4) is 16.3 Å². The average molecular weight is 423 g/mol. The van der Waals surface area contributed by atoms with Crippen LogP contribution in [0, 0.1) is 6.92 Å². The largest absolute Gasteiger partial charge is 0.496 e. The Morgan fingerprint density at radius 3 is 2.87 bits per heavy atom. The van der Waals surface area contributed by atoms with Crippen molar-refractivity contribution in [3.05, 3.63) is 53.2 Å². The van der Waals surface area contributed by atoms with Crippen LogP contribution in [0.2, 0.25) is 0 Å². The number of rotatable bonds is 5. The second-order valence-corrected chi connectivity index (χ2v) is 8.56. The number of hydrogen-bond acceptors (Lipinski definition) is 6. The lowest BCUT2D eigenvalue weighted by Gasteiger charge is -2.31. The van der Waals surface area contributed by atoms with Crippen LogP contribution in [-0.2, 0) is 4.79 Å². The molecule has 1 amide bonds. The van der Waals surface area contributed by atoms with Gasteiger partial charge in [-0.2, -0.15) is 0 Å². The Balaban J connectivity index is 1.71. The van der Waals surface area contributed by atoms with Crippen LogP contribution in [0.15, 0.2) is 41.8 Å². The number of amides is 1. The summed E-state index contributed by atoms with van der Waals surface area (Å²) in [5, 5.41) is 5.41. The van der Waals surface area contributed by atoms with E-state index < -0.39 is 0 Å². The molecule has 2 aromatic heterocycles. The fourth-order valence-corrected chi connectivity index (χ4v) is 4.56. The third-order valence-electron chi connectivity index (χ3n) is 5.33. The third kappa shape index (κ3) is 4.62. The molecule has 3 aromatic rings. The highest BCUT2D eigenvalue weighted by Crippen LogP contribution is 2.33. The Kier molecular flexibility index (Phi) is 5.99. The fourth-order valence-electron chi connectivity index (χ4n) is 3.74. The first kappa shape index (κ1) is 20.3. The quantitative estimate of drug-likeness (QED) is 0.627. The summed E-state index contributed by atoms with van der Waals surface area (Å²) >= 11 is 1.60. The minimum atomic E-state index is 0.108. The standard InChI is InChI=1S/C23H26N4O2S/c1-15-6-4-8-18(10-15)24-22-12-20(21-11-19(29-3)14-30-21)25-23(26-22)17-7-5-9-27(13-17)16(2)28/h4,6,8,10-12,14,17H,5,7,9,13H2,1-3H3,(H,24,25,26).